The molecule has 5 rings (SSSR count). The zero-order chi connectivity index (χ0) is 23.9. The van der Waals surface area contributed by atoms with Crippen molar-refractivity contribution in [3.63, 3.8) is 0 Å². The zero-order valence-corrected chi connectivity index (χ0v) is 20.4. The van der Waals surface area contributed by atoms with Gasteiger partial charge in [-0.25, -0.2) is 0 Å². The van der Waals surface area contributed by atoms with Gasteiger partial charge in [0.25, 0.3) is 5.91 Å². The van der Waals surface area contributed by atoms with Gasteiger partial charge in [-0.05, 0) is 43.9 Å². The Kier molecular flexibility index (Phi) is 6.15. The Bertz CT molecular complexity index is 1100. The van der Waals surface area contributed by atoms with Gasteiger partial charge in [0.1, 0.15) is 17.5 Å². The van der Waals surface area contributed by atoms with Crippen molar-refractivity contribution in [3.05, 3.63) is 71.3 Å². The van der Waals surface area contributed by atoms with E-state index in [9.17, 15) is 14.4 Å². The van der Waals surface area contributed by atoms with Crippen LogP contribution in [-0.4, -0.2) is 45.5 Å². The van der Waals surface area contributed by atoms with Gasteiger partial charge >= 0.3 is 0 Å². The molecule has 3 aliphatic rings. The fourth-order valence-electron chi connectivity index (χ4n) is 5.49. The van der Waals surface area contributed by atoms with Crippen LogP contribution in [0.3, 0.4) is 0 Å². The summed E-state index contributed by atoms with van der Waals surface area (Å²) in [4.78, 5) is 42.0. The van der Waals surface area contributed by atoms with E-state index >= 15 is 0 Å². The standard InChI is InChI=1S/C27H31N3O3S/c1-27(2)22(30-25(33)19-14-8-9-15-20(19)26(30)34-27)24(32)29-21(16-17-10-4-3-5-11-17)23(31)28-18-12-6-7-13-18/h3-5,8-11,14-15,18,21-22,26H,6-7,12-13,16H2,1-2H3,(H,28,31)(H,29,32). The monoisotopic (exact) mass is 477 g/mol. The summed E-state index contributed by atoms with van der Waals surface area (Å²) in [7, 11) is 0. The predicted molar refractivity (Wildman–Crippen MR) is 133 cm³/mol. The minimum atomic E-state index is -0.699. The molecule has 3 unspecified atom stereocenters. The zero-order valence-electron chi connectivity index (χ0n) is 19.6. The summed E-state index contributed by atoms with van der Waals surface area (Å²) in [5.41, 5.74) is 2.60. The molecule has 1 saturated carbocycles. The van der Waals surface area contributed by atoms with E-state index in [4.69, 9.17) is 0 Å². The molecule has 1 saturated heterocycles. The van der Waals surface area contributed by atoms with E-state index in [-0.39, 0.29) is 29.1 Å². The molecule has 2 aromatic rings. The Labute approximate surface area is 204 Å². The van der Waals surface area contributed by atoms with Crippen molar-refractivity contribution in [2.24, 2.45) is 0 Å². The summed E-state index contributed by atoms with van der Waals surface area (Å²) in [5, 5.41) is 6.00. The highest BCUT2D eigenvalue weighted by atomic mass is 32.2. The second-order valence-electron chi connectivity index (χ2n) is 10.0. The first-order chi connectivity index (χ1) is 16.3. The van der Waals surface area contributed by atoms with Gasteiger partial charge in [0.2, 0.25) is 11.8 Å². The van der Waals surface area contributed by atoms with Crippen molar-refractivity contribution in [3.8, 4) is 0 Å². The van der Waals surface area contributed by atoms with Crippen LogP contribution in [0.25, 0.3) is 0 Å². The van der Waals surface area contributed by atoms with E-state index in [0.29, 0.717) is 12.0 Å². The molecule has 3 amide bonds. The van der Waals surface area contributed by atoms with Crippen LogP contribution >= 0.6 is 11.8 Å². The smallest absolute Gasteiger partial charge is 0.256 e. The largest absolute Gasteiger partial charge is 0.352 e. The Morgan fingerprint density at radius 1 is 1.06 bits per heavy atom. The Morgan fingerprint density at radius 2 is 1.74 bits per heavy atom. The summed E-state index contributed by atoms with van der Waals surface area (Å²) in [5.74, 6) is -0.544. The number of fused-ring (bicyclic) bond motifs is 3. The minimum Gasteiger partial charge on any atom is -0.352 e. The number of hydrogen-bond donors (Lipinski definition) is 2. The lowest BCUT2D eigenvalue weighted by atomic mass is 9.99. The molecular formula is C27H31N3O3S. The number of nitrogens with one attached hydrogen (secondary N) is 2. The van der Waals surface area contributed by atoms with Crippen LogP contribution in [0.2, 0.25) is 0 Å². The highest BCUT2D eigenvalue weighted by Gasteiger charge is 2.57. The second kappa shape index (κ2) is 9.10. The Morgan fingerprint density at radius 3 is 2.47 bits per heavy atom. The maximum absolute atomic E-state index is 13.7. The molecule has 34 heavy (non-hydrogen) atoms. The van der Waals surface area contributed by atoms with E-state index in [1.54, 1.807) is 16.7 Å². The summed E-state index contributed by atoms with van der Waals surface area (Å²) in [6.45, 7) is 4.00. The maximum atomic E-state index is 13.7. The topological polar surface area (TPSA) is 78.5 Å². The number of nitrogens with zero attached hydrogens (tertiary/aromatic N) is 1. The number of carbonyl (C=O) groups excluding carboxylic acids is 3. The van der Waals surface area contributed by atoms with Crippen molar-refractivity contribution in [1.82, 2.24) is 15.5 Å². The molecule has 2 N–H and O–H groups in total. The first-order valence-electron chi connectivity index (χ1n) is 12.1. The molecule has 0 spiro atoms. The number of rotatable bonds is 6. The SMILES string of the molecule is CC1(C)SC2c3ccccc3C(=O)N2C1C(=O)NC(Cc1ccccc1)C(=O)NC1CCCC1. The van der Waals surface area contributed by atoms with Crippen molar-refractivity contribution >= 4 is 29.5 Å². The number of hydrogen-bond acceptors (Lipinski definition) is 4. The van der Waals surface area contributed by atoms with Crippen molar-refractivity contribution in [1.29, 1.82) is 0 Å². The van der Waals surface area contributed by atoms with Gasteiger partial charge in [0.05, 0.1) is 0 Å². The Balaban J connectivity index is 1.38. The normalized spacial score (nSPS) is 23.9. The van der Waals surface area contributed by atoms with E-state index in [0.717, 1.165) is 36.8 Å². The van der Waals surface area contributed by atoms with Crippen LogP contribution in [-0.2, 0) is 16.0 Å². The molecule has 0 bridgehead atoms. The number of thioether (sulfide) groups is 1. The number of carbonyl (C=O) groups is 3. The summed E-state index contributed by atoms with van der Waals surface area (Å²) in [6, 6.07) is 16.1. The molecule has 0 aromatic heterocycles. The van der Waals surface area contributed by atoms with E-state index in [1.807, 2.05) is 68.4 Å². The van der Waals surface area contributed by atoms with Crippen LogP contribution in [0, 0.1) is 0 Å². The van der Waals surface area contributed by atoms with Gasteiger partial charge < -0.3 is 15.5 Å². The first-order valence-corrected chi connectivity index (χ1v) is 13.0. The molecule has 6 nitrogen and oxygen atoms in total. The predicted octanol–water partition coefficient (Wildman–Crippen LogP) is 3.82. The van der Waals surface area contributed by atoms with Crippen molar-refractivity contribution in [2.45, 2.75) is 74.2 Å². The van der Waals surface area contributed by atoms with Gasteiger partial charge in [-0.1, -0.05) is 61.4 Å². The van der Waals surface area contributed by atoms with E-state index in [2.05, 4.69) is 10.6 Å². The van der Waals surface area contributed by atoms with Gasteiger partial charge in [-0.15, -0.1) is 11.8 Å². The molecule has 2 aliphatic heterocycles. The third-order valence-corrected chi connectivity index (χ3v) is 8.70. The molecule has 2 heterocycles. The maximum Gasteiger partial charge on any atom is 0.256 e. The quantitative estimate of drug-likeness (QED) is 0.663. The van der Waals surface area contributed by atoms with Gasteiger partial charge in [0.15, 0.2) is 0 Å². The summed E-state index contributed by atoms with van der Waals surface area (Å²) >= 11 is 1.63. The second-order valence-corrected chi connectivity index (χ2v) is 11.8. The van der Waals surface area contributed by atoms with Crippen molar-refractivity contribution < 1.29 is 14.4 Å². The van der Waals surface area contributed by atoms with Crippen LogP contribution < -0.4 is 10.6 Å². The van der Waals surface area contributed by atoms with E-state index in [1.165, 1.54) is 0 Å². The fourth-order valence-corrected chi connectivity index (χ4v) is 7.07. The molecule has 0 radical (unpaired) electrons. The van der Waals surface area contributed by atoms with Crippen LogP contribution in [0.5, 0.6) is 0 Å². The van der Waals surface area contributed by atoms with Gasteiger partial charge in [-0.2, -0.15) is 0 Å². The van der Waals surface area contributed by atoms with Crippen molar-refractivity contribution in [2.75, 3.05) is 0 Å². The highest BCUT2D eigenvalue weighted by Crippen LogP contribution is 2.56. The minimum absolute atomic E-state index is 0.117. The molecule has 1 aliphatic carbocycles. The first kappa shape index (κ1) is 23.0. The average Bonchev–Trinajstić information content (AvgIpc) is 3.49. The third kappa shape index (κ3) is 4.22. The van der Waals surface area contributed by atoms with Crippen LogP contribution in [0.4, 0.5) is 0 Å². The molecular weight excluding hydrogens is 446 g/mol. The Hall–Kier alpha value is -2.80. The average molecular weight is 478 g/mol. The molecule has 2 fully saturated rings. The summed E-state index contributed by atoms with van der Waals surface area (Å²) in [6.07, 6.45) is 4.60. The van der Waals surface area contributed by atoms with E-state index < -0.39 is 16.8 Å². The lowest BCUT2D eigenvalue weighted by molar-refractivity contribution is -0.132. The fraction of sp³-hybridized carbons (Fsp3) is 0.444. The molecule has 2 aromatic carbocycles. The van der Waals surface area contributed by atoms with Gasteiger partial charge in [0, 0.05) is 22.8 Å². The number of benzene rings is 2. The van der Waals surface area contributed by atoms with Gasteiger partial charge in [-0.3, -0.25) is 14.4 Å². The molecule has 3 atom stereocenters. The van der Waals surface area contributed by atoms with Crippen LogP contribution in [0.1, 0.15) is 66.4 Å². The highest BCUT2D eigenvalue weighted by molar-refractivity contribution is 8.01. The molecule has 7 heteroatoms. The summed E-state index contributed by atoms with van der Waals surface area (Å²) < 4.78 is -0.489. The lowest BCUT2D eigenvalue weighted by Gasteiger charge is -2.31. The molecule has 178 valence electrons. The number of amides is 3. The van der Waals surface area contributed by atoms with Crippen LogP contribution in [0.15, 0.2) is 54.6 Å². The third-order valence-electron chi connectivity index (χ3n) is 7.16. The lowest BCUT2D eigenvalue weighted by Crippen LogP contribution is -2.58.